The van der Waals surface area contributed by atoms with Crippen molar-refractivity contribution in [2.24, 2.45) is 0 Å². The lowest BCUT2D eigenvalue weighted by molar-refractivity contribution is -0.131. The minimum absolute atomic E-state index is 0.0514. The molecule has 200 valence electrons. The number of rotatable bonds is 7. The van der Waals surface area contributed by atoms with Gasteiger partial charge in [0.2, 0.25) is 0 Å². The first kappa shape index (κ1) is 25.6. The van der Waals surface area contributed by atoms with Gasteiger partial charge in [0.15, 0.2) is 6.61 Å². The molecule has 2 aliphatic rings. The Morgan fingerprint density at radius 3 is 2.71 bits per heavy atom. The zero-order chi connectivity index (χ0) is 27.0. The summed E-state index contributed by atoms with van der Waals surface area (Å²) >= 11 is 0. The number of ether oxygens (including phenoxy) is 1. The molecule has 5 rings (SSSR count). The maximum Gasteiger partial charge on any atom is 0.322 e. The van der Waals surface area contributed by atoms with Gasteiger partial charge in [-0.2, -0.15) is 5.10 Å². The van der Waals surface area contributed by atoms with Crippen LogP contribution in [0.25, 0.3) is 11.1 Å². The number of alkyl halides is 2. The minimum atomic E-state index is -2.76. The molecule has 1 aromatic heterocycles. The summed E-state index contributed by atoms with van der Waals surface area (Å²) in [6.07, 6.45) is 2.82. The third-order valence-electron chi connectivity index (χ3n) is 6.68. The monoisotopic (exact) mass is 531 g/mol. The first-order valence-electron chi connectivity index (χ1n) is 12.1. The van der Waals surface area contributed by atoms with E-state index in [4.69, 9.17) is 4.74 Å². The lowest BCUT2D eigenvalue weighted by atomic mass is 9.88. The van der Waals surface area contributed by atoms with Crippen LogP contribution in [0, 0.1) is 11.6 Å². The van der Waals surface area contributed by atoms with Gasteiger partial charge in [-0.15, -0.1) is 0 Å². The number of benzene rings is 2. The first-order valence-corrected chi connectivity index (χ1v) is 12.1. The highest BCUT2D eigenvalue weighted by atomic mass is 19.3. The van der Waals surface area contributed by atoms with Crippen LogP contribution in [0.2, 0.25) is 0 Å². The zero-order valence-corrected chi connectivity index (χ0v) is 20.4. The molecule has 1 saturated carbocycles. The van der Waals surface area contributed by atoms with E-state index in [2.05, 4.69) is 20.8 Å². The second kappa shape index (κ2) is 9.99. The Balaban J connectivity index is 1.21. The fraction of sp³-hybridized carbons (Fsp3) is 0.346. The van der Waals surface area contributed by atoms with E-state index < -0.39 is 61.0 Å². The Bertz CT molecular complexity index is 1360. The number of amides is 3. The number of nitrogens with zero attached hydrogens (tertiary/aromatic N) is 2. The fourth-order valence-corrected chi connectivity index (χ4v) is 4.69. The van der Waals surface area contributed by atoms with Gasteiger partial charge < -0.3 is 15.4 Å². The predicted octanol–water partition coefficient (Wildman–Crippen LogP) is 4.48. The highest BCUT2D eigenvalue weighted by Gasteiger charge is 2.45. The number of aromatic nitrogens is 2. The van der Waals surface area contributed by atoms with E-state index in [1.807, 2.05) is 0 Å². The van der Waals surface area contributed by atoms with Crippen LogP contribution >= 0.6 is 0 Å². The molecule has 0 unspecified atom stereocenters. The van der Waals surface area contributed by atoms with Gasteiger partial charge in [0, 0.05) is 48.8 Å². The Labute approximate surface area is 215 Å². The van der Waals surface area contributed by atoms with Gasteiger partial charge in [0.05, 0.1) is 17.9 Å². The van der Waals surface area contributed by atoms with Gasteiger partial charge in [-0.05, 0) is 48.7 Å². The zero-order valence-electron chi connectivity index (χ0n) is 20.4. The van der Waals surface area contributed by atoms with Crippen LogP contribution in [0.4, 0.5) is 28.0 Å². The smallest absolute Gasteiger partial charge is 0.322 e. The normalized spacial score (nSPS) is 16.9. The Hall–Kier alpha value is -4.09. The highest BCUT2D eigenvalue weighted by molar-refractivity contribution is 5.95. The van der Waals surface area contributed by atoms with Crippen molar-refractivity contribution in [3.63, 3.8) is 0 Å². The van der Waals surface area contributed by atoms with Crippen LogP contribution < -0.4 is 20.3 Å². The molecule has 0 bridgehead atoms. The first-order chi connectivity index (χ1) is 18.1. The summed E-state index contributed by atoms with van der Waals surface area (Å²) in [5.41, 5.74) is 2.65. The Morgan fingerprint density at radius 1 is 1.21 bits per heavy atom. The molecule has 1 atom stereocenters. The van der Waals surface area contributed by atoms with E-state index in [9.17, 15) is 27.2 Å². The van der Waals surface area contributed by atoms with E-state index in [1.165, 1.54) is 29.3 Å². The topological polar surface area (TPSA) is 99.3 Å². The SMILES string of the molecule is C[C@@H](NC(=O)N1CCc2cc(-c3cn[nH]c3)c(F)cc21)c1cc(F)cc(OCC(=O)NC2CC(F)(F)C2)c1. The molecular formula is C26H25F4N5O3. The number of anilines is 1. The van der Waals surface area contributed by atoms with E-state index in [0.717, 1.165) is 11.6 Å². The number of H-pyrrole nitrogens is 1. The second-order valence-electron chi connectivity index (χ2n) is 9.56. The number of carbonyl (C=O) groups is 2. The van der Waals surface area contributed by atoms with E-state index in [0.29, 0.717) is 35.3 Å². The van der Waals surface area contributed by atoms with Crippen molar-refractivity contribution in [1.29, 1.82) is 0 Å². The van der Waals surface area contributed by atoms with Crippen LogP contribution in [-0.2, 0) is 11.2 Å². The van der Waals surface area contributed by atoms with Gasteiger partial charge in [0.1, 0.15) is 17.4 Å². The molecule has 3 N–H and O–H groups in total. The third-order valence-corrected chi connectivity index (χ3v) is 6.68. The molecular weight excluding hydrogens is 506 g/mol. The van der Waals surface area contributed by atoms with Crippen molar-refractivity contribution in [2.45, 2.75) is 44.2 Å². The van der Waals surface area contributed by atoms with Crippen molar-refractivity contribution in [1.82, 2.24) is 20.8 Å². The van der Waals surface area contributed by atoms with Crippen LogP contribution in [0.15, 0.2) is 42.7 Å². The van der Waals surface area contributed by atoms with Crippen LogP contribution in [-0.4, -0.2) is 47.3 Å². The molecule has 1 fully saturated rings. The Morgan fingerprint density at radius 2 is 2.00 bits per heavy atom. The van der Waals surface area contributed by atoms with Gasteiger partial charge in [-0.1, -0.05) is 0 Å². The van der Waals surface area contributed by atoms with E-state index in [1.54, 1.807) is 19.2 Å². The maximum atomic E-state index is 14.8. The second-order valence-corrected chi connectivity index (χ2v) is 9.56. The average molecular weight is 532 g/mol. The largest absolute Gasteiger partial charge is 0.484 e. The van der Waals surface area contributed by atoms with E-state index in [-0.39, 0.29) is 5.75 Å². The summed E-state index contributed by atoms with van der Waals surface area (Å²) in [5, 5.41) is 11.7. The number of hydrogen-bond acceptors (Lipinski definition) is 4. The number of hydrogen-bond donors (Lipinski definition) is 3. The number of carbonyl (C=O) groups excluding carboxylic acids is 2. The fourth-order valence-electron chi connectivity index (χ4n) is 4.69. The number of fused-ring (bicyclic) bond motifs is 1. The number of nitrogens with one attached hydrogen (secondary N) is 3. The number of halogens is 4. The van der Waals surface area contributed by atoms with Gasteiger partial charge in [-0.25, -0.2) is 22.4 Å². The maximum absolute atomic E-state index is 14.8. The molecule has 8 nitrogen and oxygen atoms in total. The van der Waals surface area contributed by atoms with Crippen molar-refractivity contribution < 1.29 is 31.9 Å². The lowest BCUT2D eigenvalue weighted by Crippen LogP contribution is -2.51. The van der Waals surface area contributed by atoms with Crippen LogP contribution in [0.5, 0.6) is 5.75 Å². The molecule has 0 saturated heterocycles. The van der Waals surface area contributed by atoms with Crippen molar-refractivity contribution >= 4 is 17.6 Å². The highest BCUT2D eigenvalue weighted by Crippen LogP contribution is 2.37. The van der Waals surface area contributed by atoms with Crippen LogP contribution in [0.1, 0.15) is 36.9 Å². The van der Waals surface area contributed by atoms with Gasteiger partial charge in [-0.3, -0.25) is 14.8 Å². The van der Waals surface area contributed by atoms with Crippen LogP contribution in [0.3, 0.4) is 0 Å². The molecule has 0 radical (unpaired) electrons. The van der Waals surface area contributed by atoms with Gasteiger partial charge in [0.25, 0.3) is 11.8 Å². The molecule has 3 amide bonds. The quantitative estimate of drug-likeness (QED) is 0.392. The number of urea groups is 1. The predicted molar refractivity (Wildman–Crippen MR) is 130 cm³/mol. The minimum Gasteiger partial charge on any atom is -0.484 e. The molecule has 1 aliphatic heterocycles. The summed E-state index contributed by atoms with van der Waals surface area (Å²) < 4.78 is 60.3. The van der Waals surface area contributed by atoms with Crippen molar-refractivity contribution in [3.8, 4) is 16.9 Å². The molecule has 38 heavy (non-hydrogen) atoms. The molecule has 1 aliphatic carbocycles. The molecule has 2 aromatic carbocycles. The molecule has 2 heterocycles. The van der Waals surface area contributed by atoms with Crippen molar-refractivity contribution in [3.05, 3.63) is 65.5 Å². The molecule has 12 heteroatoms. The number of aromatic amines is 1. The summed E-state index contributed by atoms with van der Waals surface area (Å²) in [4.78, 5) is 26.4. The summed E-state index contributed by atoms with van der Waals surface area (Å²) in [5.74, 6) is -4.42. The molecule has 3 aromatic rings. The lowest BCUT2D eigenvalue weighted by Gasteiger charge is -2.35. The standard InChI is InChI=1S/C26H25F4N5O3/c1-14(16-4-18(27)7-20(5-16)38-13-24(36)34-19-9-26(29,30)10-19)33-25(37)35-3-2-15-6-21(17-11-31-32-12-17)22(28)8-23(15)35/h4-8,11-12,14,19H,2-3,9-10,13H2,1H3,(H,31,32)(H,33,37)(H,34,36)/t14-/m1/s1. The van der Waals surface area contributed by atoms with Crippen molar-refractivity contribution in [2.75, 3.05) is 18.1 Å². The molecule has 0 spiro atoms. The van der Waals surface area contributed by atoms with Gasteiger partial charge >= 0.3 is 6.03 Å². The summed E-state index contributed by atoms with van der Waals surface area (Å²) in [7, 11) is 0. The average Bonchev–Trinajstić information content (AvgIpc) is 3.50. The third kappa shape index (κ3) is 5.43. The van der Waals surface area contributed by atoms with E-state index >= 15 is 0 Å². The summed E-state index contributed by atoms with van der Waals surface area (Å²) in [6.45, 7) is 1.53. The Kier molecular flexibility index (Phi) is 6.72. The summed E-state index contributed by atoms with van der Waals surface area (Å²) in [6, 6.07) is 5.08.